The third-order valence-corrected chi connectivity index (χ3v) is 4.90. The summed E-state index contributed by atoms with van der Waals surface area (Å²) in [4.78, 5) is 15.0. The van der Waals surface area contributed by atoms with Gasteiger partial charge in [0.2, 0.25) is 0 Å². The van der Waals surface area contributed by atoms with Gasteiger partial charge in [-0.2, -0.15) is 5.26 Å². The Morgan fingerprint density at radius 3 is 2.48 bits per heavy atom. The molecule has 2 fully saturated rings. The molecule has 0 bridgehead atoms. The van der Waals surface area contributed by atoms with Crippen molar-refractivity contribution < 1.29 is 9.32 Å². The summed E-state index contributed by atoms with van der Waals surface area (Å²) in [5.74, 6) is 0.520. The van der Waals surface area contributed by atoms with Crippen LogP contribution < -0.4 is 5.32 Å². The third-order valence-electron chi connectivity index (χ3n) is 4.90. The number of benzene rings is 1. The van der Waals surface area contributed by atoms with Crippen molar-refractivity contribution in [2.45, 2.75) is 37.8 Å². The number of piperidine rings is 1. The lowest BCUT2D eigenvalue weighted by Crippen LogP contribution is -2.47. The van der Waals surface area contributed by atoms with Crippen LogP contribution in [0.4, 0.5) is 0 Å². The van der Waals surface area contributed by atoms with Crippen molar-refractivity contribution in [3.63, 3.8) is 0 Å². The number of carbonyl (C=O) groups excluding carboxylic acids is 1. The Kier molecular flexibility index (Phi) is 4.24. The number of aromatic nitrogens is 1. The Morgan fingerprint density at radius 1 is 1.16 bits per heavy atom. The van der Waals surface area contributed by atoms with Gasteiger partial charge < -0.3 is 14.7 Å². The molecular formula is C19H20N4O2. The zero-order valence-corrected chi connectivity index (χ0v) is 13.9. The fraction of sp³-hybridized carbons (Fsp3) is 0.421. The molecule has 2 aliphatic rings. The number of hydrogen-bond acceptors (Lipinski definition) is 5. The van der Waals surface area contributed by atoms with Crippen LogP contribution in [0, 0.1) is 11.3 Å². The Labute approximate surface area is 146 Å². The second-order valence-corrected chi connectivity index (χ2v) is 6.69. The predicted molar refractivity (Wildman–Crippen MR) is 91.7 cm³/mol. The minimum Gasteiger partial charge on any atom is -0.355 e. The largest absolute Gasteiger partial charge is 0.355 e. The maximum Gasteiger partial charge on any atom is 0.276 e. The number of nitrogens with zero attached hydrogens (tertiary/aromatic N) is 3. The predicted octanol–water partition coefficient (Wildman–Crippen LogP) is 2.57. The Bertz CT molecular complexity index is 796. The highest BCUT2D eigenvalue weighted by Crippen LogP contribution is 2.33. The highest BCUT2D eigenvalue weighted by atomic mass is 16.5. The molecule has 1 amide bonds. The van der Waals surface area contributed by atoms with E-state index in [1.54, 1.807) is 30.3 Å². The third kappa shape index (κ3) is 3.28. The van der Waals surface area contributed by atoms with Crippen LogP contribution in [-0.4, -0.2) is 41.1 Å². The van der Waals surface area contributed by atoms with Gasteiger partial charge in [-0.25, -0.2) is 0 Å². The monoisotopic (exact) mass is 336 g/mol. The molecule has 2 aromatic rings. The first-order valence-electron chi connectivity index (χ1n) is 8.77. The van der Waals surface area contributed by atoms with Crippen molar-refractivity contribution in [3.05, 3.63) is 41.6 Å². The van der Waals surface area contributed by atoms with Gasteiger partial charge in [0.1, 0.15) is 0 Å². The van der Waals surface area contributed by atoms with Gasteiger partial charge in [-0.3, -0.25) is 4.79 Å². The van der Waals surface area contributed by atoms with Crippen molar-refractivity contribution in [3.8, 4) is 17.4 Å². The molecule has 128 valence electrons. The van der Waals surface area contributed by atoms with Crippen LogP contribution in [0.25, 0.3) is 11.3 Å². The molecule has 6 heteroatoms. The van der Waals surface area contributed by atoms with E-state index in [1.165, 1.54) is 0 Å². The minimum atomic E-state index is -0.0296. The van der Waals surface area contributed by atoms with Crippen LogP contribution in [0.2, 0.25) is 0 Å². The molecule has 1 saturated heterocycles. The maximum atomic E-state index is 13.0. The fourth-order valence-corrected chi connectivity index (χ4v) is 3.42. The summed E-state index contributed by atoms with van der Waals surface area (Å²) >= 11 is 0. The number of rotatable bonds is 4. The van der Waals surface area contributed by atoms with E-state index in [9.17, 15) is 4.79 Å². The molecule has 6 nitrogen and oxygen atoms in total. The Balaban J connectivity index is 1.55. The SMILES string of the molecule is N#Cc1ccc(-c2cc(C(=O)N(C3CCNCC3)C3CC3)no2)cc1. The molecule has 0 atom stereocenters. The van der Waals surface area contributed by atoms with E-state index in [1.807, 2.05) is 4.90 Å². The topological polar surface area (TPSA) is 82.2 Å². The summed E-state index contributed by atoms with van der Waals surface area (Å²) in [5, 5.41) is 16.2. The second kappa shape index (κ2) is 6.69. The average Bonchev–Trinajstić information content (AvgIpc) is 3.37. The summed E-state index contributed by atoms with van der Waals surface area (Å²) in [5.41, 5.74) is 1.76. The number of carbonyl (C=O) groups is 1. The molecule has 0 spiro atoms. The molecular weight excluding hydrogens is 316 g/mol. The van der Waals surface area contributed by atoms with Gasteiger partial charge in [0, 0.05) is 23.7 Å². The van der Waals surface area contributed by atoms with Gasteiger partial charge in [-0.15, -0.1) is 0 Å². The first kappa shape index (κ1) is 15.9. The molecule has 4 rings (SSSR count). The molecule has 25 heavy (non-hydrogen) atoms. The normalized spacial score (nSPS) is 17.9. The minimum absolute atomic E-state index is 0.0296. The quantitative estimate of drug-likeness (QED) is 0.928. The summed E-state index contributed by atoms with van der Waals surface area (Å²) in [6.07, 6.45) is 4.14. The lowest BCUT2D eigenvalue weighted by molar-refractivity contribution is 0.0612. The lowest BCUT2D eigenvalue weighted by atomic mass is 10.0. The molecule has 1 saturated carbocycles. The molecule has 0 radical (unpaired) electrons. The van der Waals surface area contributed by atoms with Crippen molar-refractivity contribution in [2.24, 2.45) is 0 Å². The van der Waals surface area contributed by atoms with Crippen LogP contribution in [0.15, 0.2) is 34.9 Å². The molecule has 1 aliphatic carbocycles. The van der Waals surface area contributed by atoms with E-state index in [0.29, 0.717) is 23.1 Å². The average molecular weight is 336 g/mol. The van der Waals surface area contributed by atoms with Crippen molar-refractivity contribution in [1.82, 2.24) is 15.4 Å². The smallest absolute Gasteiger partial charge is 0.276 e. The van der Waals surface area contributed by atoms with E-state index in [0.717, 1.165) is 44.3 Å². The van der Waals surface area contributed by atoms with E-state index in [4.69, 9.17) is 9.78 Å². The van der Waals surface area contributed by atoms with Gasteiger partial charge in [0.05, 0.1) is 11.6 Å². The second-order valence-electron chi connectivity index (χ2n) is 6.69. The first-order valence-corrected chi connectivity index (χ1v) is 8.77. The standard InChI is InChI=1S/C19H20N4O2/c20-12-13-1-3-14(4-2-13)18-11-17(22-25-18)19(24)23(15-5-6-15)16-7-9-21-10-8-16/h1-4,11,15-16,21H,5-10H2. The first-order chi connectivity index (χ1) is 12.3. The summed E-state index contributed by atoms with van der Waals surface area (Å²) in [7, 11) is 0. The van der Waals surface area contributed by atoms with E-state index < -0.39 is 0 Å². The molecule has 0 unspecified atom stereocenters. The van der Waals surface area contributed by atoms with Crippen LogP contribution in [0.1, 0.15) is 41.7 Å². The number of amides is 1. The van der Waals surface area contributed by atoms with E-state index in [2.05, 4.69) is 16.5 Å². The van der Waals surface area contributed by atoms with Crippen LogP contribution in [0.3, 0.4) is 0 Å². The van der Waals surface area contributed by atoms with Crippen LogP contribution in [0.5, 0.6) is 0 Å². The Hall–Kier alpha value is -2.65. The maximum absolute atomic E-state index is 13.0. The van der Waals surface area contributed by atoms with Gasteiger partial charge in [-0.1, -0.05) is 5.16 Å². The van der Waals surface area contributed by atoms with Crippen molar-refractivity contribution in [2.75, 3.05) is 13.1 Å². The zero-order chi connectivity index (χ0) is 17.2. The molecule has 1 N–H and O–H groups in total. The van der Waals surface area contributed by atoms with Crippen LogP contribution in [-0.2, 0) is 0 Å². The van der Waals surface area contributed by atoms with Crippen LogP contribution >= 0.6 is 0 Å². The molecule has 1 aliphatic heterocycles. The summed E-state index contributed by atoms with van der Waals surface area (Å²) in [6.45, 7) is 1.91. The van der Waals surface area contributed by atoms with Gasteiger partial charge in [0.15, 0.2) is 11.5 Å². The number of hydrogen-bond donors (Lipinski definition) is 1. The van der Waals surface area contributed by atoms with Crippen molar-refractivity contribution >= 4 is 5.91 Å². The van der Waals surface area contributed by atoms with Gasteiger partial charge >= 0.3 is 0 Å². The van der Waals surface area contributed by atoms with Gasteiger partial charge in [0.25, 0.3) is 5.91 Å². The van der Waals surface area contributed by atoms with E-state index in [-0.39, 0.29) is 11.9 Å². The highest BCUT2D eigenvalue weighted by molar-refractivity contribution is 5.93. The zero-order valence-electron chi connectivity index (χ0n) is 13.9. The lowest BCUT2D eigenvalue weighted by Gasteiger charge is -2.34. The summed E-state index contributed by atoms with van der Waals surface area (Å²) in [6, 6.07) is 11.5. The number of nitrogens with one attached hydrogen (secondary N) is 1. The molecule has 2 heterocycles. The highest BCUT2D eigenvalue weighted by Gasteiger charge is 2.39. The molecule has 1 aromatic heterocycles. The van der Waals surface area contributed by atoms with Gasteiger partial charge in [-0.05, 0) is 63.0 Å². The van der Waals surface area contributed by atoms with Crippen molar-refractivity contribution in [1.29, 1.82) is 5.26 Å². The van der Waals surface area contributed by atoms with E-state index >= 15 is 0 Å². The molecule has 1 aromatic carbocycles. The Morgan fingerprint density at radius 2 is 1.84 bits per heavy atom. The fourth-order valence-electron chi connectivity index (χ4n) is 3.42. The number of nitriles is 1. The summed E-state index contributed by atoms with van der Waals surface area (Å²) < 4.78 is 5.39.